The standard InChI is InChI=1S/C26H31FN4O3/c27-23-6-2-3-7-24(23)30-13-15-31(16-14-30)26(32)33-18-17-28-9-11-29(12-10-28)20-22-19-21-5-1-4-8-25(21)34-22/h1-8,19H,9-18,20H2. The van der Waals surface area contributed by atoms with Gasteiger partial charge in [-0.25, -0.2) is 9.18 Å². The molecule has 2 aliphatic rings. The minimum Gasteiger partial charge on any atom is -0.460 e. The molecule has 3 aromatic rings. The number of para-hydroxylation sites is 2. The van der Waals surface area contributed by atoms with Crippen LogP contribution in [-0.4, -0.2) is 86.3 Å². The Kier molecular flexibility index (Phi) is 6.97. The minimum absolute atomic E-state index is 0.226. The highest BCUT2D eigenvalue weighted by molar-refractivity contribution is 5.77. The van der Waals surface area contributed by atoms with E-state index in [-0.39, 0.29) is 11.9 Å². The van der Waals surface area contributed by atoms with Crippen LogP contribution in [0.1, 0.15) is 5.76 Å². The molecule has 1 amide bonds. The van der Waals surface area contributed by atoms with Crippen LogP contribution in [0.5, 0.6) is 0 Å². The number of anilines is 1. The number of rotatable bonds is 6. The molecule has 0 saturated carbocycles. The quantitative estimate of drug-likeness (QED) is 0.553. The molecule has 0 atom stereocenters. The van der Waals surface area contributed by atoms with Gasteiger partial charge in [0.1, 0.15) is 23.8 Å². The van der Waals surface area contributed by atoms with Crippen molar-refractivity contribution in [1.29, 1.82) is 0 Å². The molecule has 2 fully saturated rings. The Hall–Kier alpha value is -3.10. The zero-order valence-corrected chi connectivity index (χ0v) is 19.4. The van der Waals surface area contributed by atoms with Crippen molar-refractivity contribution >= 4 is 22.7 Å². The molecule has 2 aliphatic heterocycles. The number of hydrogen-bond donors (Lipinski definition) is 0. The Morgan fingerprint density at radius 2 is 1.59 bits per heavy atom. The zero-order chi connectivity index (χ0) is 23.3. The van der Waals surface area contributed by atoms with Crippen LogP contribution in [-0.2, 0) is 11.3 Å². The van der Waals surface area contributed by atoms with E-state index in [9.17, 15) is 9.18 Å². The van der Waals surface area contributed by atoms with Gasteiger partial charge in [0.15, 0.2) is 0 Å². The molecule has 0 aliphatic carbocycles. The second-order valence-electron chi connectivity index (χ2n) is 8.91. The fourth-order valence-electron chi connectivity index (χ4n) is 4.70. The Bertz CT molecular complexity index is 1070. The molecule has 0 unspecified atom stereocenters. The van der Waals surface area contributed by atoms with Crippen molar-refractivity contribution in [2.45, 2.75) is 6.54 Å². The predicted molar refractivity (Wildman–Crippen MR) is 129 cm³/mol. The van der Waals surface area contributed by atoms with Gasteiger partial charge in [-0.05, 0) is 24.3 Å². The summed E-state index contributed by atoms with van der Waals surface area (Å²) in [6, 6.07) is 17.0. The van der Waals surface area contributed by atoms with Crippen molar-refractivity contribution < 1.29 is 18.3 Å². The van der Waals surface area contributed by atoms with Gasteiger partial charge >= 0.3 is 6.09 Å². The number of carbonyl (C=O) groups is 1. The van der Waals surface area contributed by atoms with E-state index in [0.29, 0.717) is 38.5 Å². The lowest BCUT2D eigenvalue weighted by Gasteiger charge is -2.36. The highest BCUT2D eigenvalue weighted by Gasteiger charge is 2.24. The smallest absolute Gasteiger partial charge is 0.409 e. The van der Waals surface area contributed by atoms with E-state index in [0.717, 1.165) is 56.0 Å². The van der Waals surface area contributed by atoms with E-state index in [1.807, 2.05) is 29.2 Å². The van der Waals surface area contributed by atoms with E-state index in [2.05, 4.69) is 21.9 Å². The first-order valence-electron chi connectivity index (χ1n) is 12.0. The van der Waals surface area contributed by atoms with Crippen LogP contribution in [0.2, 0.25) is 0 Å². The third kappa shape index (κ3) is 5.34. The Morgan fingerprint density at radius 1 is 0.882 bits per heavy atom. The molecule has 0 radical (unpaired) electrons. The second-order valence-corrected chi connectivity index (χ2v) is 8.91. The van der Waals surface area contributed by atoms with Gasteiger partial charge in [0, 0.05) is 64.3 Å². The van der Waals surface area contributed by atoms with Crippen molar-refractivity contribution in [2.75, 3.05) is 70.4 Å². The van der Waals surface area contributed by atoms with Gasteiger partial charge < -0.3 is 19.0 Å². The van der Waals surface area contributed by atoms with Gasteiger partial charge in [-0.1, -0.05) is 30.3 Å². The van der Waals surface area contributed by atoms with Crippen LogP contribution in [0.3, 0.4) is 0 Å². The van der Waals surface area contributed by atoms with Crippen LogP contribution in [0.15, 0.2) is 59.0 Å². The van der Waals surface area contributed by atoms with E-state index >= 15 is 0 Å². The molecule has 3 heterocycles. The number of nitrogens with zero attached hydrogens (tertiary/aromatic N) is 4. The second kappa shape index (κ2) is 10.4. The number of amides is 1. The van der Waals surface area contributed by atoms with Gasteiger partial charge in [-0.2, -0.15) is 0 Å². The van der Waals surface area contributed by atoms with Crippen molar-refractivity contribution in [1.82, 2.24) is 14.7 Å². The van der Waals surface area contributed by atoms with Crippen LogP contribution in [0.25, 0.3) is 11.0 Å². The molecular weight excluding hydrogens is 435 g/mol. The normalized spacial score (nSPS) is 17.9. The number of furan rings is 1. The van der Waals surface area contributed by atoms with E-state index in [1.54, 1.807) is 17.0 Å². The lowest BCUT2D eigenvalue weighted by Crippen LogP contribution is -2.50. The summed E-state index contributed by atoms with van der Waals surface area (Å²) in [4.78, 5) is 20.9. The minimum atomic E-state index is -0.281. The Morgan fingerprint density at radius 3 is 2.35 bits per heavy atom. The Labute approximate surface area is 199 Å². The number of benzene rings is 2. The summed E-state index contributed by atoms with van der Waals surface area (Å²) in [5.74, 6) is 0.773. The monoisotopic (exact) mass is 466 g/mol. The molecule has 1 aromatic heterocycles. The number of halogens is 1. The van der Waals surface area contributed by atoms with Crippen molar-refractivity contribution in [2.24, 2.45) is 0 Å². The highest BCUT2D eigenvalue weighted by atomic mass is 19.1. The number of piperazine rings is 2. The molecule has 0 spiro atoms. The van der Waals surface area contributed by atoms with Crippen LogP contribution >= 0.6 is 0 Å². The topological polar surface area (TPSA) is 52.4 Å². The maximum atomic E-state index is 14.0. The predicted octanol–water partition coefficient (Wildman–Crippen LogP) is 3.65. The van der Waals surface area contributed by atoms with E-state index < -0.39 is 0 Å². The summed E-state index contributed by atoms with van der Waals surface area (Å²) < 4.78 is 25.5. The molecule has 0 bridgehead atoms. The Balaban J connectivity index is 0.994. The van der Waals surface area contributed by atoms with Gasteiger partial charge in [0.05, 0.1) is 12.2 Å². The summed E-state index contributed by atoms with van der Waals surface area (Å²) in [7, 11) is 0. The first-order chi connectivity index (χ1) is 16.7. The molecular formula is C26H31FN4O3. The SMILES string of the molecule is O=C(OCCN1CCN(Cc2cc3ccccc3o2)CC1)N1CCN(c2ccccc2F)CC1. The lowest BCUT2D eigenvalue weighted by molar-refractivity contribution is 0.0713. The molecule has 7 nitrogen and oxygen atoms in total. The summed E-state index contributed by atoms with van der Waals surface area (Å²) in [6.45, 7) is 8.02. The van der Waals surface area contributed by atoms with Gasteiger partial charge in [0.25, 0.3) is 0 Å². The molecule has 2 saturated heterocycles. The fourth-order valence-corrected chi connectivity index (χ4v) is 4.70. The first kappa shape index (κ1) is 22.7. The third-order valence-electron chi connectivity index (χ3n) is 6.68. The number of hydrogen-bond acceptors (Lipinski definition) is 6. The molecule has 180 valence electrons. The lowest BCUT2D eigenvalue weighted by atomic mass is 10.2. The fraction of sp³-hybridized carbons (Fsp3) is 0.423. The summed E-state index contributed by atoms with van der Waals surface area (Å²) >= 11 is 0. The zero-order valence-electron chi connectivity index (χ0n) is 19.4. The third-order valence-corrected chi connectivity index (χ3v) is 6.68. The van der Waals surface area contributed by atoms with Crippen LogP contribution in [0, 0.1) is 5.82 Å². The molecule has 34 heavy (non-hydrogen) atoms. The van der Waals surface area contributed by atoms with Gasteiger partial charge in [0.2, 0.25) is 0 Å². The van der Waals surface area contributed by atoms with Crippen LogP contribution in [0.4, 0.5) is 14.9 Å². The number of ether oxygens (including phenoxy) is 1. The van der Waals surface area contributed by atoms with Gasteiger partial charge in [-0.15, -0.1) is 0 Å². The van der Waals surface area contributed by atoms with Crippen LogP contribution < -0.4 is 4.90 Å². The molecule has 0 N–H and O–H groups in total. The highest BCUT2D eigenvalue weighted by Crippen LogP contribution is 2.21. The average Bonchev–Trinajstić information content (AvgIpc) is 3.28. The van der Waals surface area contributed by atoms with Crippen molar-refractivity contribution in [3.63, 3.8) is 0 Å². The van der Waals surface area contributed by atoms with E-state index in [4.69, 9.17) is 9.15 Å². The summed E-state index contributed by atoms with van der Waals surface area (Å²) in [5, 5.41) is 1.14. The van der Waals surface area contributed by atoms with E-state index in [1.165, 1.54) is 6.07 Å². The summed E-state index contributed by atoms with van der Waals surface area (Å²) in [5.41, 5.74) is 1.53. The largest absolute Gasteiger partial charge is 0.460 e. The first-order valence-corrected chi connectivity index (χ1v) is 12.0. The maximum Gasteiger partial charge on any atom is 0.409 e. The maximum absolute atomic E-state index is 14.0. The van der Waals surface area contributed by atoms with Crippen molar-refractivity contribution in [3.8, 4) is 0 Å². The molecule has 8 heteroatoms. The number of fused-ring (bicyclic) bond motifs is 1. The van der Waals surface area contributed by atoms with Crippen molar-refractivity contribution in [3.05, 3.63) is 66.2 Å². The average molecular weight is 467 g/mol. The molecule has 2 aromatic carbocycles. The number of carbonyl (C=O) groups excluding carboxylic acids is 1. The summed E-state index contributed by atoms with van der Waals surface area (Å²) in [6.07, 6.45) is -0.281. The van der Waals surface area contributed by atoms with Gasteiger partial charge in [-0.3, -0.25) is 9.80 Å². The molecule has 5 rings (SSSR count).